The molecule has 4 heteroatoms. The lowest BCUT2D eigenvalue weighted by molar-refractivity contribution is -0.00687. The predicted octanol–water partition coefficient (Wildman–Crippen LogP) is 3.44. The van der Waals surface area contributed by atoms with E-state index in [9.17, 15) is 5.11 Å². The molecule has 0 spiro atoms. The molecule has 6 rings (SSSR count). The maximum Gasteiger partial charge on any atom is 0.239 e. The van der Waals surface area contributed by atoms with Gasteiger partial charge < -0.3 is 10.1 Å². The molecule has 2 heterocycles. The van der Waals surface area contributed by atoms with E-state index >= 15 is 0 Å². The zero-order valence-corrected chi connectivity index (χ0v) is 12.4. The Balaban J connectivity index is 1.65. The van der Waals surface area contributed by atoms with E-state index in [2.05, 4.69) is 21.0 Å². The summed E-state index contributed by atoms with van der Waals surface area (Å²) in [6, 6.07) is 2.18. The molecule has 4 bridgehead atoms. The van der Waals surface area contributed by atoms with Crippen LogP contribution < -0.4 is 0 Å². The predicted molar refractivity (Wildman–Crippen MR) is 80.1 cm³/mol. The summed E-state index contributed by atoms with van der Waals surface area (Å²) >= 11 is 0. The lowest BCUT2D eigenvalue weighted by Crippen LogP contribution is -2.48. The Kier molecular flexibility index (Phi) is 2.17. The number of rotatable bonds is 1. The monoisotopic (exact) mass is 283 g/mol. The summed E-state index contributed by atoms with van der Waals surface area (Å²) in [6.07, 6.45) is 8.30. The van der Waals surface area contributed by atoms with Crippen LogP contribution in [-0.2, 0) is 5.41 Å². The highest BCUT2D eigenvalue weighted by atomic mass is 16.3. The van der Waals surface area contributed by atoms with Gasteiger partial charge in [0.15, 0.2) is 0 Å². The molecular weight excluding hydrogens is 262 g/mol. The number of hydrogen-bond donors (Lipinski definition) is 2. The van der Waals surface area contributed by atoms with Crippen molar-refractivity contribution in [1.29, 1.82) is 0 Å². The van der Waals surface area contributed by atoms with Crippen molar-refractivity contribution in [2.24, 2.45) is 17.8 Å². The minimum Gasteiger partial charge on any atom is -0.492 e. The van der Waals surface area contributed by atoms with Crippen LogP contribution in [0.4, 0.5) is 0 Å². The van der Waals surface area contributed by atoms with E-state index in [0.29, 0.717) is 16.8 Å². The molecule has 110 valence electrons. The lowest BCUT2D eigenvalue weighted by Gasteiger charge is -2.56. The van der Waals surface area contributed by atoms with Crippen molar-refractivity contribution >= 4 is 11.0 Å². The summed E-state index contributed by atoms with van der Waals surface area (Å²) in [5.74, 6) is 3.49. The number of aromatic nitrogens is 3. The van der Waals surface area contributed by atoms with E-state index in [-0.39, 0.29) is 5.88 Å². The Morgan fingerprint density at radius 1 is 1.10 bits per heavy atom. The van der Waals surface area contributed by atoms with E-state index in [4.69, 9.17) is 0 Å². The third-order valence-electron chi connectivity index (χ3n) is 6.18. The minimum atomic E-state index is 0.0912. The second kappa shape index (κ2) is 3.79. The summed E-state index contributed by atoms with van der Waals surface area (Å²) in [7, 11) is 0. The fourth-order valence-electron chi connectivity index (χ4n) is 5.84. The van der Waals surface area contributed by atoms with E-state index in [1.54, 1.807) is 0 Å². The number of fused-ring (bicyclic) bond motifs is 1. The summed E-state index contributed by atoms with van der Waals surface area (Å²) in [6.45, 7) is 1.83. The molecule has 0 aliphatic heterocycles. The first-order valence-corrected chi connectivity index (χ1v) is 8.18. The first-order chi connectivity index (χ1) is 10.1. The van der Waals surface area contributed by atoms with E-state index in [0.717, 1.165) is 23.3 Å². The molecular formula is C17H21N3O. The van der Waals surface area contributed by atoms with E-state index in [1.807, 2.05) is 6.92 Å². The van der Waals surface area contributed by atoms with Gasteiger partial charge in [0.05, 0.1) is 5.52 Å². The van der Waals surface area contributed by atoms with Gasteiger partial charge in [0.1, 0.15) is 11.3 Å². The maximum atomic E-state index is 10.1. The minimum absolute atomic E-state index is 0.0912. The number of nitrogens with one attached hydrogen (secondary N) is 1. The molecule has 4 fully saturated rings. The van der Waals surface area contributed by atoms with Crippen molar-refractivity contribution in [3.8, 4) is 5.88 Å². The summed E-state index contributed by atoms with van der Waals surface area (Å²) in [5.41, 5.74) is 3.19. The first-order valence-electron chi connectivity index (χ1n) is 8.18. The van der Waals surface area contributed by atoms with Crippen LogP contribution in [0.1, 0.15) is 50.0 Å². The van der Waals surface area contributed by atoms with Crippen molar-refractivity contribution in [1.82, 2.24) is 15.0 Å². The molecule has 0 amide bonds. The average Bonchev–Trinajstić information content (AvgIpc) is 2.82. The second-order valence-electron chi connectivity index (χ2n) is 7.74. The Morgan fingerprint density at radius 2 is 1.71 bits per heavy atom. The fraction of sp³-hybridized carbons (Fsp3) is 0.647. The number of hydrogen-bond acceptors (Lipinski definition) is 3. The lowest BCUT2D eigenvalue weighted by atomic mass is 9.49. The molecule has 21 heavy (non-hydrogen) atoms. The van der Waals surface area contributed by atoms with Crippen molar-refractivity contribution in [2.45, 2.75) is 50.9 Å². The third kappa shape index (κ3) is 1.62. The van der Waals surface area contributed by atoms with Gasteiger partial charge in [0, 0.05) is 11.1 Å². The van der Waals surface area contributed by atoms with Crippen molar-refractivity contribution < 1.29 is 5.11 Å². The molecule has 2 N–H and O–H groups in total. The molecule has 2 aromatic rings. The highest BCUT2D eigenvalue weighted by molar-refractivity contribution is 5.81. The number of aromatic amines is 1. The SMILES string of the molecule is Cc1nc(O)c2[nH]c(C34CC5CC(CC(C5)C3)C4)cc2n1. The quantitative estimate of drug-likeness (QED) is 0.842. The Morgan fingerprint density at radius 3 is 2.33 bits per heavy atom. The largest absolute Gasteiger partial charge is 0.492 e. The molecule has 0 atom stereocenters. The zero-order valence-electron chi connectivity index (χ0n) is 12.4. The molecule has 0 saturated heterocycles. The first kappa shape index (κ1) is 12.0. The molecule has 4 nitrogen and oxygen atoms in total. The Hall–Kier alpha value is -1.58. The Labute approximate surface area is 124 Å². The van der Waals surface area contributed by atoms with Crippen LogP contribution in [-0.4, -0.2) is 20.1 Å². The highest BCUT2D eigenvalue weighted by Gasteiger charge is 2.52. The normalized spacial score (nSPS) is 37.5. The van der Waals surface area contributed by atoms with Gasteiger partial charge in [-0.25, -0.2) is 4.98 Å². The van der Waals surface area contributed by atoms with Gasteiger partial charge >= 0.3 is 0 Å². The van der Waals surface area contributed by atoms with Gasteiger partial charge in [-0.3, -0.25) is 0 Å². The summed E-state index contributed by atoms with van der Waals surface area (Å²) in [4.78, 5) is 12.0. The summed E-state index contributed by atoms with van der Waals surface area (Å²) in [5, 5.41) is 10.1. The molecule has 2 aromatic heterocycles. The molecule has 0 aromatic carbocycles. The molecule has 0 radical (unpaired) electrons. The third-order valence-corrected chi connectivity index (χ3v) is 6.18. The topological polar surface area (TPSA) is 61.8 Å². The molecule has 4 saturated carbocycles. The highest BCUT2D eigenvalue weighted by Crippen LogP contribution is 2.60. The van der Waals surface area contributed by atoms with Gasteiger partial charge in [0.25, 0.3) is 0 Å². The standard InChI is InChI=1S/C17H21N3O/c1-9-18-13-5-14(20-15(13)16(21)19-9)17-6-10-2-11(7-17)4-12(3-10)8-17/h5,10-12,20H,2-4,6-8H2,1H3,(H,18,19,21). The number of H-pyrrole nitrogens is 1. The van der Waals surface area contributed by atoms with Crippen LogP contribution in [0.2, 0.25) is 0 Å². The Bertz CT molecular complexity index is 698. The van der Waals surface area contributed by atoms with Crippen LogP contribution in [0.3, 0.4) is 0 Å². The van der Waals surface area contributed by atoms with E-state index in [1.165, 1.54) is 44.2 Å². The zero-order chi connectivity index (χ0) is 14.2. The van der Waals surface area contributed by atoms with Gasteiger partial charge in [0.2, 0.25) is 5.88 Å². The molecule has 4 aliphatic carbocycles. The van der Waals surface area contributed by atoms with Gasteiger partial charge in [-0.2, -0.15) is 4.98 Å². The van der Waals surface area contributed by atoms with Gasteiger partial charge in [-0.15, -0.1) is 0 Å². The van der Waals surface area contributed by atoms with Crippen molar-refractivity contribution in [3.63, 3.8) is 0 Å². The van der Waals surface area contributed by atoms with Crippen molar-refractivity contribution in [2.75, 3.05) is 0 Å². The fourth-order valence-corrected chi connectivity index (χ4v) is 5.84. The van der Waals surface area contributed by atoms with Gasteiger partial charge in [-0.1, -0.05) is 0 Å². The number of nitrogens with zero attached hydrogens (tertiary/aromatic N) is 2. The van der Waals surface area contributed by atoms with Crippen LogP contribution in [0.15, 0.2) is 6.07 Å². The van der Waals surface area contributed by atoms with Crippen molar-refractivity contribution in [3.05, 3.63) is 17.6 Å². The molecule has 0 unspecified atom stereocenters. The summed E-state index contributed by atoms with van der Waals surface area (Å²) < 4.78 is 0. The van der Waals surface area contributed by atoms with Crippen LogP contribution >= 0.6 is 0 Å². The number of aromatic hydroxyl groups is 1. The number of aryl methyl sites for hydroxylation is 1. The molecule has 4 aliphatic rings. The van der Waals surface area contributed by atoms with Gasteiger partial charge in [-0.05, 0) is 69.3 Å². The average molecular weight is 283 g/mol. The maximum absolute atomic E-state index is 10.1. The van der Waals surface area contributed by atoms with Crippen LogP contribution in [0, 0.1) is 24.7 Å². The second-order valence-corrected chi connectivity index (χ2v) is 7.74. The van der Waals surface area contributed by atoms with Crippen LogP contribution in [0.25, 0.3) is 11.0 Å². The smallest absolute Gasteiger partial charge is 0.239 e. The van der Waals surface area contributed by atoms with E-state index < -0.39 is 0 Å². The van der Waals surface area contributed by atoms with Crippen LogP contribution in [0.5, 0.6) is 5.88 Å².